The highest BCUT2D eigenvalue weighted by Gasteiger charge is 2.49. The fourth-order valence-electron chi connectivity index (χ4n) is 3.11. The summed E-state index contributed by atoms with van der Waals surface area (Å²) in [6, 6.07) is 9.99. The summed E-state index contributed by atoms with van der Waals surface area (Å²) in [6.07, 6.45) is 0. The molecule has 0 radical (unpaired) electrons. The molecule has 1 unspecified atom stereocenters. The third kappa shape index (κ3) is 3.77. The van der Waals surface area contributed by atoms with E-state index in [9.17, 15) is 24.5 Å². The van der Waals surface area contributed by atoms with Crippen molar-refractivity contribution in [1.82, 2.24) is 10.2 Å². The predicted molar refractivity (Wildman–Crippen MR) is 106 cm³/mol. The summed E-state index contributed by atoms with van der Waals surface area (Å²) in [5, 5.41) is 16.6. The molecule has 1 saturated heterocycles. The van der Waals surface area contributed by atoms with Crippen molar-refractivity contribution in [3.8, 4) is 0 Å². The van der Waals surface area contributed by atoms with E-state index < -0.39 is 34.9 Å². The van der Waals surface area contributed by atoms with Crippen LogP contribution in [-0.4, -0.2) is 34.2 Å². The molecule has 1 heterocycles. The van der Waals surface area contributed by atoms with E-state index in [1.807, 2.05) is 0 Å². The molecule has 0 saturated carbocycles. The van der Waals surface area contributed by atoms with Gasteiger partial charge in [0.1, 0.15) is 12.1 Å². The Kier molecular flexibility index (Phi) is 5.25. The smallest absolute Gasteiger partial charge is 0.324 e. The monoisotopic (exact) mass is 416 g/mol. The molecule has 4 amide bonds. The van der Waals surface area contributed by atoms with Gasteiger partial charge in [-0.25, -0.2) is 4.79 Å². The number of rotatable bonds is 5. The summed E-state index contributed by atoms with van der Waals surface area (Å²) in [4.78, 5) is 48.9. The second kappa shape index (κ2) is 7.51. The number of amides is 4. The molecule has 0 aromatic heterocycles. The van der Waals surface area contributed by atoms with Crippen LogP contribution in [0.25, 0.3) is 0 Å². The van der Waals surface area contributed by atoms with Gasteiger partial charge >= 0.3 is 6.03 Å². The number of nitrogens with one attached hydrogen (secondary N) is 2. The molecule has 9 nitrogen and oxygen atoms in total. The number of nitro groups is 1. The Hall–Kier alpha value is -3.46. The van der Waals surface area contributed by atoms with Crippen LogP contribution in [0.2, 0.25) is 5.02 Å². The van der Waals surface area contributed by atoms with Gasteiger partial charge in [0.15, 0.2) is 0 Å². The van der Waals surface area contributed by atoms with Crippen molar-refractivity contribution >= 4 is 40.8 Å². The van der Waals surface area contributed by atoms with E-state index in [0.29, 0.717) is 10.6 Å². The van der Waals surface area contributed by atoms with Gasteiger partial charge in [-0.15, -0.1) is 0 Å². The zero-order valence-electron chi connectivity index (χ0n) is 15.6. The van der Waals surface area contributed by atoms with Crippen LogP contribution >= 0.6 is 11.6 Å². The summed E-state index contributed by atoms with van der Waals surface area (Å²) in [6.45, 7) is 2.51. The SMILES string of the molecule is Cc1c(NC(=O)CN2C(=O)NC(C)(c3ccc(Cl)cc3)C2=O)cccc1[N+](=O)[O-]. The lowest BCUT2D eigenvalue weighted by atomic mass is 9.92. The van der Waals surface area contributed by atoms with Gasteiger partial charge in [0.2, 0.25) is 5.91 Å². The van der Waals surface area contributed by atoms with Crippen LogP contribution in [0.15, 0.2) is 42.5 Å². The summed E-state index contributed by atoms with van der Waals surface area (Å²) >= 11 is 5.87. The van der Waals surface area contributed by atoms with E-state index >= 15 is 0 Å². The minimum absolute atomic E-state index is 0.145. The number of benzene rings is 2. The third-order valence-electron chi connectivity index (χ3n) is 4.77. The Balaban J connectivity index is 1.77. The van der Waals surface area contributed by atoms with Crippen molar-refractivity contribution in [1.29, 1.82) is 0 Å². The predicted octanol–water partition coefficient (Wildman–Crippen LogP) is 2.96. The van der Waals surface area contributed by atoms with E-state index in [1.54, 1.807) is 31.2 Å². The first-order chi connectivity index (χ1) is 13.6. The maximum atomic E-state index is 12.9. The number of carbonyl (C=O) groups is 3. The molecule has 0 bridgehead atoms. The Morgan fingerprint density at radius 1 is 1.24 bits per heavy atom. The molecule has 0 spiro atoms. The van der Waals surface area contributed by atoms with Crippen LogP contribution in [0, 0.1) is 17.0 Å². The lowest BCUT2D eigenvalue weighted by Crippen LogP contribution is -2.42. The maximum Gasteiger partial charge on any atom is 0.325 e. The molecule has 2 N–H and O–H groups in total. The topological polar surface area (TPSA) is 122 Å². The minimum Gasteiger partial charge on any atom is -0.324 e. The number of urea groups is 1. The molecule has 0 aliphatic carbocycles. The standard InChI is InChI=1S/C19H17ClN4O5/c1-11-14(4-3-5-15(11)24(28)29)21-16(25)10-23-17(26)19(2,22-18(23)27)12-6-8-13(20)9-7-12/h3-9H,10H2,1-2H3,(H,21,25)(H,22,27). The average molecular weight is 417 g/mol. The van der Waals surface area contributed by atoms with E-state index in [0.717, 1.165) is 4.90 Å². The molecule has 150 valence electrons. The molecule has 3 rings (SSSR count). The highest BCUT2D eigenvalue weighted by Crippen LogP contribution is 2.30. The van der Waals surface area contributed by atoms with Crippen LogP contribution < -0.4 is 10.6 Å². The fourth-order valence-corrected chi connectivity index (χ4v) is 3.24. The zero-order chi connectivity index (χ0) is 21.3. The third-order valence-corrected chi connectivity index (χ3v) is 5.03. The number of carbonyl (C=O) groups excluding carboxylic acids is 3. The van der Waals surface area contributed by atoms with E-state index in [1.165, 1.54) is 25.1 Å². The summed E-state index contributed by atoms with van der Waals surface area (Å²) in [5.41, 5.74) is -0.444. The van der Waals surface area contributed by atoms with Crippen LogP contribution in [0.5, 0.6) is 0 Å². The lowest BCUT2D eigenvalue weighted by molar-refractivity contribution is -0.385. The van der Waals surface area contributed by atoms with Crippen molar-refractivity contribution in [3.63, 3.8) is 0 Å². The summed E-state index contributed by atoms with van der Waals surface area (Å²) in [5.74, 6) is -1.24. The zero-order valence-corrected chi connectivity index (χ0v) is 16.3. The molecule has 1 atom stereocenters. The Labute approximate surface area is 170 Å². The molecule has 29 heavy (non-hydrogen) atoms. The van der Waals surface area contributed by atoms with E-state index in [2.05, 4.69) is 10.6 Å². The van der Waals surface area contributed by atoms with Crippen molar-refractivity contribution in [2.75, 3.05) is 11.9 Å². The minimum atomic E-state index is -1.33. The highest BCUT2D eigenvalue weighted by molar-refractivity contribution is 6.30. The fraction of sp³-hybridized carbons (Fsp3) is 0.211. The molecule has 2 aromatic carbocycles. The Morgan fingerprint density at radius 2 is 1.90 bits per heavy atom. The second-order valence-corrected chi connectivity index (χ2v) is 7.14. The van der Waals surface area contributed by atoms with Crippen molar-refractivity contribution in [3.05, 3.63) is 68.7 Å². The maximum absolute atomic E-state index is 12.9. The van der Waals surface area contributed by atoms with Crippen molar-refractivity contribution < 1.29 is 19.3 Å². The van der Waals surface area contributed by atoms with Gasteiger partial charge in [-0.3, -0.25) is 24.6 Å². The normalized spacial score (nSPS) is 18.5. The number of nitro benzene ring substituents is 1. The van der Waals surface area contributed by atoms with Gasteiger partial charge in [0, 0.05) is 11.1 Å². The van der Waals surface area contributed by atoms with Gasteiger partial charge in [-0.05, 0) is 37.6 Å². The lowest BCUT2D eigenvalue weighted by Gasteiger charge is -2.22. The largest absolute Gasteiger partial charge is 0.325 e. The molecule has 1 aliphatic rings. The number of anilines is 1. The molecular weight excluding hydrogens is 400 g/mol. The number of hydrogen-bond donors (Lipinski definition) is 2. The number of halogens is 1. The Morgan fingerprint density at radius 3 is 2.52 bits per heavy atom. The quantitative estimate of drug-likeness (QED) is 0.441. The van der Waals surface area contributed by atoms with Gasteiger partial charge in [-0.1, -0.05) is 29.8 Å². The number of imide groups is 1. The first-order valence-corrected chi connectivity index (χ1v) is 8.95. The van der Waals surface area contributed by atoms with Gasteiger partial charge in [-0.2, -0.15) is 0 Å². The highest BCUT2D eigenvalue weighted by atomic mass is 35.5. The van der Waals surface area contributed by atoms with Gasteiger partial charge in [0.05, 0.1) is 16.2 Å². The Bertz CT molecular complexity index is 1020. The second-order valence-electron chi connectivity index (χ2n) is 6.71. The van der Waals surface area contributed by atoms with Gasteiger partial charge < -0.3 is 10.6 Å². The first kappa shape index (κ1) is 20.3. The molecular formula is C19H17ClN4O5. The number of nitrogens with zero attached hydrogens (tertiary/aromatic N) is 2. The van der Waals surface area contributed by atoms with Crippen molar-refractivity contribution in [2.24, 2.45) is 0 Å². The summed E-state index contributed by atoms with van der Waals surface area (Å²) < 4.78 is 0. The van der Waals surface area contributed by atoms with Crippen LogP contribution in [0.1, 0.15) is 18.1 Å². The average Bonchev–Trinajstić information content (AvgIpc) is 2.87. The molecule has 1 fully saturated rings. The molecule has 2 aromatic rings. The van der Waals surface area contributed by atoms with Crippen molar-refractivity contribution in [2.45, 2.75) is 19.4 Å². The van der Waals surface area contributed by atoms with E-state index in [-0.39, 0.29) is 16.9 Å². The summed E-state index contributed by atoms with van der Waals surface area (Å²) in [7, 11) is 0. The van der Waals surface area contributed by atoms with Crippen LogP contribution in [0.4, 0.5) is 16.2 Å². The van der Waals surface area contributed by atoms with Gasteiger partial charge in [0.25, 0.3) is 11.6 Å². The van der Waals surface area contributed by atoms with Crippen LogP contribution in [-0.2, 0) is 15.1 Å². The van der Waals surface area contributed by atoms with E-state index in [4.69, 9.17) is 11.6 Å². The molecule has 10 heteroatoms. The molecule has 1 aliphatic heterocycles. The van der Waals surface area contributed by atoms with Crippen LogP contribution in [0.3, 0.4) is 0 Å². The number of hydrogen-bond acceptors (Lipinski definition) is 5. The first-order valence-electron chi connectivity index (χ1n) is 8.57.